The Morgan fingerprint density at radius 2 is 1.53 bits per heavy atom. The molecule has 1 aliphatic carbocycles. The van der Waals surface area contributed by atoms with Crippen molar-refractivity contribution in [3.05, 3.63) is 65.2 Å². The molecular weight excluding hydrogens is 608 g/mol. The van der Waals surface area contributed by atoms with E-state index in [0.29, 0.717) is 41.8 Å². The second-order valence-electron chi connectivity index (χ2n) is 12.0. The van der Waals surface area contributed by atoms with Crippen molar-refractivity contribution in [1.29, 1.82) is 0 Å². The molecule has 3 aromatic rings. The molecule has 3 aliphatic heterocycles. The minimum atomic E-state index is -0.722. The van der Waals surface area contributed by atoms with Crippen molar-refractivity contribution in [2.45, 2.75) is 12.0 Å². The van der Waals surface area contributed by atoms with Crippen LogP contribution in [0.1, 0.15) is 28.7 Å². The lowest BCUT2D eigenvalue weighted by Gasteiger charge is -2.39. The zero-order valence-corrected chi connectivity index (χ0v) is 26.9. The Bertz CT molecular complexity index is 1640. The van der Waals surface area contributed by atoms with Crippen LogP contribution in [-0.4, -0.2) is 91.4 Å². The van der Waals surface area contributed by atoms with Gasteiger partial charge in [0.15, 0.2) is 23.0 Å². The molecule has 0 N–H and O–H groups in total. The molecule has 47 heavy (non-hydrogen) atoms. The largest absolute Gasteiger partial charge is 0.497 e. The summed E-state index contributed by atoms with van der Waals surface area (Å²) in [5.41, 5.74) is 3.40. The number of carbonyl (C=O) groups is 2. The number of anilines is 1. The van der Waals surface area contributed by atoms with Crippen molar-refractivity contribution in [2.24, 2.45) is 11.8 Å². The third-order valence-corrected chi connectivity index (χ3v) is 9.57. The normalized spacial score (nSPS) is 23.0. The number of methoxy groups -OCH3 is 4. The first-order valence-electron chi connectivity index (χ1n) is 15.6. The van der Waals surface area contributed by atoms with Gasteiger partial charge >= 0.3 is 11.9 Å². The van der Waals surface area contributed by atoms with Crippen LogP contribution >= 0.6 is 0 Å². The van der Waals surface area contributed by atoms with E-state index in [1.54, 1.807) is 28.4 Å². The average Bonchev–Trinajstić information content (AvgIpc) is 3.73. The predicted molar refractivity (Wildman–Crippen MR) is 169 cm³/mol. The fraction of sp³-hybridized carbons (Fsp3) is 0.429. The number of cyclic esters (lactones) is 1. The van der Waals surface area contributed by atoms with Crippen molar-refractivity contribution in [3.63, 3.8) is 0 Å². The molecule has 0 aromatic heterocycles. The summed E-state index contributed by atoms with van der Waals surface area (Å²) in [6.07, 6.45) is -0.722. The van der Waals surface area contributed by atoms with Crippen LogP contribution < -0.4 is 33.3 Å². The van der Waals surface area contributed by atoms with Gasteiger partial charge in [0.05, 0.1) is 47.5 Å². The first kappa shape index (κ1) is 30.8. The van der Waals surface area contributed by atoms with Crippen LogP contribution in [0.4, 0.5) is 5.69 Å². The third-order valence-electron chi connectivity index (χ3n) is 9.57. The minimum Gasteiger partial charge on any atom is -0.497 e. The molecule has 3 heterocycles. The van der Waals surface area contributed by atoms with E-state index < -0.39 is 23.9 Å². The van der Waals surface area contributed by atoms with Crippen LogP contribution in [-0.2, 0) is 19.1 Å². The molecule has 7 rings (SSSR count). The molecule has 3 aromatic carbocycles. The quantitative estimate of drug-likeness (QED) is 0.315. The summed E-state index contributed by atoms with van der Waals surface area (Å²) in [6, 6.07) is 15.4. The van der Waals surface area contributed by atoms with Crippen LogP contribution in [0.15, 0.2) is 48.5 Å². The van der Waals surface area contributed by atoms with E-state index in [2.05, 4.69) is 15.9 Å². The average molecular weight is 647 g/mol. The highest BCUT2D eigenvalue weighted by atomic mass is 16.7. The second-order valence-corrected chi connectivity index (χ2v) is 12.0. The molecule has 4 aliphatic rings. The Labute approximate surface area is 272 Å². The van der Waals surface area contributed by atoms with E-state index in [0.717, 1.165) is 41.2 Å². The highest BCUT2D eigenvalue weighted by molar-refractivity contribution is 5.79. The van der Waals surface area contributed by atoms with E-state index in [1.807, 2.05) is 42.5 Å². The Balaban J connectivity index is 1.17. The van der Waals surface area contributed by atoms with E-state index >= 15 is 0 Å². The summed E-state index contributed by atoms with van der Waals surface area (Å²) < 4.78 is 45.7. The fourth-order valence-corrected chi connectivity index (χ4v) is 7.28. The number of carbonyl (C=O) groups excluding carboxylic acids is 2. The van der Waals surface area contributed by atoms with Crippen molar-refractivity contribution in [2.75, 3.05) is 79.5 Å². The molecule has 0 radical (unpaired) electrons. The summed E-state index contributed by atoms with van der Waals surface area (Å²) in [6.45, 7) is 3.25. The lowest BCUT2D eigenvalue weighted by atomic mass is 9.66. The Morgan fingerprint density at radius 3 is 2.19 bits per heavy atom. The highest BCUT2D eigenvalue weighted by Crippen LogP contribution is 2.56. The van der Waals surface area contributed by atoms with Crippen molar-refractivity contribution in [3.8, 4) is 34.5 Å². The van der Waals surface area contributed by atoms with Crippen LogP contribution in [0.5, 0.6) is 34.5 Å². The smallest absolute Gasteiger partial charge is 0.320 e. The van der Waals surface area contributed by atoms with E-state index in [4.69, 9.17) is 37.9 Å². The standard InChI is InChI=1S/C35H38N2O10/c1-40-22-7-5-6-21(14-22)37-10-8-36(9-11-37)17-30(38)47-33-24-16-27-26(45-19-46-27)15-23(24)31(32-25(33)18-44-35(32)39)20-12-28(41-2)34(43-4)29(13-20)42-3/h5-7,12-16,25,31-33H,8-11,17-19H2,1-4H3/t25-,31+,32-,33-/m0/s1. The molecule has 0 bridgehead atoms. The zero-order valence-electron chi connectivity index (χ0n) is 26.9. The van der Waals surface area contributed by atoms with Gasteiger partial charge in [-0.3, -0.25) is 14.5 Å². The van der Waals surface area contributed by atoms with Gasteiger partial charge in [0, 0.05) is 55.3 Å². The molecule has 0 unspecified atom stereocenters. The number of benzene rings is 3. The SMILES string of the molecule is COc1cccc(N2CCN(CC(=O)O[C@H]3c4cc5c(cc4[C@@H](c4cc(OC)c(OC)c(OC)c4)[C@H]4C(=O)OC[C@@H]43)OCO5)CC2)c1. The maximum atomic E-state index is 13.6. The van der Waals surface area contributed by atoms with Crippen molar-refractivity contribution < 1.29 is 47.5 Å². The van der Waals surface area contributed by atoms with Crippen LogP contribution in [0.2, 0.25) is 0 Å². The number of piperazine rings is 1. The van der Waals surface area contributed by atoms with E-state index in [1.165, 1.54) is 0 Å². The van der Waals surface area contributed by atoms with Gasteiger partial charge in [-0.1, -0.05) is 6.07 Å². The molecule has 4 atom stereocenters. The summed E-state index contributed by atoms with van der Waals surface area (Å²) in [5.74, 6) is 1.07. The molecule has 12 heteroatoms. The number of ether oxygens (including phenoxy) is 8. The van der Waals surface area contributed by atoms with Gasteiger partial charge in [-0.25, -0.2) is 0 Å². The summed E-state index contributed by atoms with van der Waals surface area (Å²) in [5, 5.41) is 0. The van der Waals surface area contributed by atoms with Gasteiger partial charge in [-0.05, 0) is 47.5 Å². The number of esters is 2. The maximum absolute atomic E-state index is 13.6. The predicted octanol–water partition coefficient (Wildman–Crippen LogP) is 3.79. The lowest BCUT2D eigenvalue weighted by molar-refractivity contribution is -0.156. The second kappa shape index (κ2) is 12.7. The zero-order chi connectivity index (χ0) is 32.7. The first-order valence-corrected chi connectivity index (χ1v) is 15.6. The molecule has 0 spiro atoms. The maximum Gasteiger partial charge on any atom is 0.320 e. The van der Waals surface area contributed by atoms with E-state index in [-0.39, 0.29) is 31.9 Å². The van der Waals surface area contributed by atoms with E-state index in [9.17, 15) is 9.59 Å². The number of hydrogen-bond acceptors (Lipinski definition) is 12. The number of hydrogen-bond donors (Lipinski definition) is 0. The highest BCUT2D eigenvalue weighted by Gasteiger charge is 2.54. The Morgan fingerprint density at radius 1 is 0.830 bits per heavy atom. The number of fused-ring (bicyclic) bond motifs is 3. The van der Waals surface area contributed by atoms with Gasteiger partial charge in [0.25, 0.3) is 0 Å². The molecule has 248 valence electrons. The van der Waals surface area contributed by atoms with Gasteiger partial charge in [0.1, 0.15) is 11.9 Å². The topological polar surface area (TPSA) is 114 Å². The monoisotopic (exact) mass is 646 g/mol. The van der Waals surface area contributed by atoms with Crippen molar-refractivity contribution in [1.82, 2.24) is 4.90 Å². The number of nitrogens with zero attached hydrogens (tertiary/aromatic N) is 2. The molecule has 2 fully saturated rings. The van der Waals surface area contributed by atoms with Gasteiger partial charge in [0.2, 0.25) is 12.5 Å². The summed E-state index contributed by atoms with van der Waals surface area (Å²) >= 11 is 0. The Hall–Kier alpha value is -4.84. The summed E-state index contributed by atoms with van der Waals surface area (Å²) in [4.78, 5) is 31.4. The van der Waals surface area contributed by atoms with Crippen LogP contribution in [0.3, 0.4) is 0 Å². The lowest BCUT2D eigenvalue weighted by Crippen LogP contribution is -2.48. The minimum absolute atomic E-state index is 0.0775. The van der Waals surface area contributed by atoms with Gasteiger partial charge < -0.3 is 42.8 Å². The molecular formula is C35H38N2O10. The molecule has 12 nitrogen and oxygen atoms in total. The van der Waals surface area contributed by atoms with Crippen LogP contribution in [0, 0.1) is 11.8 Å². The summed E-state index contributed by atoms with van der Waals surface area (Å²) in [7, 11) is 6.30. The van der Waals surface area contributed by atoms with Crippen molar-refractivity contribution >= 4 is 17.6 Å². The fourth-order valence-electron chi connectivity index (χ4n) is 7.28. The third kappa shape index (κ3) is 5.60. The molecule has 0 amide bonds. The first-order chi connectivity index (χ1) is 22.9. The van der Waals surface area contributed by atoms with Crippen LogP contribution in [0.25, 0.3) is 0 Å². The molecule has 2 saturated heterocycles. The van der Waals surface area contributed by atoms with Gasteiger partial charge in [-0.15, -0.1) is 0 Å². The Kier molecular flexibility index (Phi) is 8.35. The molecule has 0 saturated carbocycles. The number of rotatable bonds is 9. The van der Waals surface area contributed by atoms with Gasteiger partial charge in [-0.2, -0.15) is 0 Å².